The average molecular weight is 470 g/mol. The van der Waals surface area contributed by atoms with Crippen LogP contribution in [-0.4, -0.2) is 31.8 Å². The first-order valence-electron chi connectivity index (χ1n) is 12.5. The molecule has 2 aromatic rings. The third-order valence-corrected chi connectivity index (χ3v) is 6.26. The number of unbranched alkanes of at least 4 members (excludes halogenated alkanes) is 2. The molecule has 2 N–H and O–H groups in total. The van der Waals surface area contributed by atoms with Crippen molar-refractivity contribution in [1.82, 2.24) is 0 Å². The zero-order valence-electron chi connectivity index (χ0n) is 21.9. The zero-order chi connectivity index (χ0) is 25.1. The molecule has 2 aromatic carbocycles. The number of aryl methyl sites for hydroxylation is 1. The third-order valence-electron chi connectivity index (χ3n) is 6.26. The fourth-order valence-corrected chi connectivity index (χ4v) is 4.38. The summed E-state index contributed by atoms with van der Waals surface area (Å²) in [5.74, 6) is 1.56. The molecule has 5 nitrogen and oxygen atoms in total. The Kier molecular flexibility index (Phi) is 10.9. The minimum atomic E-state index is -0.0994. The number of hydrogen-bond donors (Lipinski definition) is 2. The molecular formula is C29H43NO4. The Morgan fingerprint density at radius 3 is 2.41 bits per heavy atom. The Hall–Kier alpha value is -2.53. The van der Waals surface area contributed by atoms with Gasteiger partial charge in [0.25, 0.3) is 0 Å². The largest absolute Gasteiger partial charge is 0.497 e. The molecule has 188 valence electrons. The highest BCUT2D eigenvalue weighted by atomic mass is 16.5. The number of hydrogen-bond acceptors (Lipinski definition) is 4. The predicted octanol–water partition coefficient (Wildman–Crippen LogP) is 6.62. The van der Waals surface area contributed by atoms with E-state index in [4.69, 9.17) is 9.47 Å². The molecule has 1 amide bonds. The molecule has 0 saturated heterocycles. The smallest absolute Gasteiger partial charge is 0.224 e. The minimum absolute atomic E-state index is 0.00387. The highest BCUT2D eigenvalue weighted by Crippen LogP contribution is 2.36. The molecule has 0 aliphatic heterocycles. The number of carbonyl (C=O) groups is 1. The maximum Gasteiger partial charge on any atom is 0.224 e. The van der Waals surface area contributed by atoms with Crippen molar-refractivity contribution in [3.8, 4) is 11.5 Å². The predicted molar refractivity (Wildman–Crippen MR) is 140 cm³/mol. The summed E-state index contributed by atoms with van der Waals surface area (Å²) in [5.41, 5.74) is 4.04. The molecule has 5 heteroatoms. The second-order valence-corrected chi connectivity index (χ2v) is 10.0. The summed E-state index contributed by atoms with van der Waals surface area (Å²) < 4.78 is 11.0. The van der Waals surface area contributed by atoms with Gasteiger partial charge in [0.1, 0.15) is 11.5 Å². The van der Waals surface area contributed by atoms with Crippen LogP contribution in [0.1, 0.15) is 88.8 Å². The van der Waals surface area contributed by atoms with Gasteiger partial charge in [-0.25, -0.2) is 0 Å². The van der Waals surface area contributed by atoms with Gasteiger partial charge in [-0.1, -0.05) is 65.2 Å². The van der Waals surface area contributed by atoms with Crippen molar-refractivity contribution >= 4 is 11.6 Å². The molecule has 0 aromatic heterocycles. The van der Waals surface area contributed by atoms with Gasteiger partial charge in [-0.3, -0.25) is 4.79 Å². The van der Waals surface area contributed by atoms with Gasteiger partial charge in [-0.05, 0) is 59.4 Å². The SMILES string of the molecule is CCCCCC(CC(=O)Nc1cc(CCCO)ccc1C(C)(C)C)c1ccc(OC)cc1OC. The van der Waals surface area contributed by atoms with Crippen molar-refractivity contribution in [2.24, 2.45) is 0 Å². The summed E-state index contributed by atoms with van der Waals surface area (Å²) in [5, 5.41) is 12.4. The van der Waals surface area contributed by atoms with Crippen molar-refractivity contribution in [2.75, 3.05) is 26.1 Å². The van der Waals surface area contributed by atoms with Crippen molar-refractivity contribution in [1.29, 1.82) is 0 Å². The minimum Gasteiger partial charge on any atom is -0.497 e. The lowest BCUT2D eigenvalue weighted by molar-refractivity contribution is -0.116. The standard InChI is InChI=1S/C29H43NO4/c1-7-8-9-12-22(24-15-14-23(33-5)20-27(24)34-6)19-28(32)30-26-18-21(11-10-17-31)13-16-25(26)29(2,3)4/h13-16,18,20,22,31H,7-12,17,19H2,1-6H3,(H,30,32). The Morgan fingerprint density at radius 2 is 1.79 bits per heavy atom. The summed E-state index contributed by atoms with van der Waals surface area (Å²) in [4.78, 5) is 13.3. The van der Waals surface area contributed by atoms with Gasteiger partial charge in [0.2, 0.25) is 5.91 Å². The average Bonchev–Trinajstić information content (AvgIpc) is 2.81. The van der Waals surface area contributed by atoms with E-state index in [1.165, 1.54) is 0 Å². The van der Waals surface area contributed by atoms with Crippen LogP contribution in [0.2, 0.25) is 0 Å². The number of aliphatic hydroxyl groups excluding tert-OH is 1. The van der Waals surface area contributed by atoms with Gasteiger partial charge in [0.15, 0.2) is 0 Å². The van der Waals surface area contributed by atoms with Crippen LogP contribution >= 0.6 is 0 Å². The van der Waals surface area contributed by atoms with E-state index in [0.717, 1.165) is 66.0 Å². The molecule has 0 radical (unpaired) electrons. The monoisotopic (exact) mass is 469 g/mol. The summed E-state index contributed by atoms with van der Waals surface area (Å²) in [6, 6.07) is 12.1. The number of anilines is 1. The normalized spacial score (nSPS) is 12.3. The molecule has 0 fully saturated rings. The van der Waals surface area contributed by atoms with Crippen molar-refractivity contribution < 1.29 is 19.4 Å². The number of ether oxygens (including phenoxy) is 2. The maximum absolute atomic E-state index is 13.3. The van der Waals surface area contributed by atoms with Crippen LogP contribution in [0.25, 0.3) is 0 Å². The Balaban J connectivity index is 2.30. The van der Waals surface area contributed by atoms with Crippen LogP contribution in [0.4, 0.5) is 5.69 Å². The Labute approximate surface area is 205 Å². The number of benzene rings is 2. The second kappa shape index (κ2) is 13.4. The lowest BCUT2D eigenvalue weighted by Gasteiger charge is -2.25. The van der Waals surface area contributed by atoms with Crippen LogP contribution in [0.5, 0.6) is 11.5 Å². The van der Waals surface area contributed by atoms with E-state index in [2.05, 4.69) is 51.2 Å². The highest BCUT2D eigenvalue weighted by Gasteiger charge is 2.23. The number of aliphatic hydroxyl groups is 1. The summed E-state index contributed by atoms with van der Waals surface area (Å²) >= 11 is 0. The van der Waals surface area contributed by atoms with E-state index >= 15 is 0 Å². The first-order chi connectivity index (χ1) is 16.2. The van der Waals surface area contributed by atoms with E-state index < -0.39 is 0 Å². The van der Waals surface area contributed by atoms with E-state index in [1.54, 1.807) is 14.2 Å². The Bertz CT molecular complexity index is 917. The number of nitrogens with one attached hydrogen (secondary N) is 1. The van der Waals surface area contributed by atoms with Gasteiger partial charge in [0, 0.05) is 24.8 Å². The fourth-order valence-electron chi connectivity index (χ4n) is 4.38. The number of amides is 1. The van der Waals surface area contributed by atoms with Crippen molar-refractivity contribution in [3.63, 3.8) is 0 Å². The molecule has 0 aliphatic carbocycles. The second-order valence-electron chi connectivity index (χ2n) is 10.0. The van der Waals surface area contributed by atoms with E-state index in [0.29, 0.717) is 12.8 Å². The third kappa shape index (κ3) is 8.05. The fraction of sp³-hybridized carbons (Fsp3) is 0.552. The number of carbonyl (C=O) groups excluding carboxylic acids is 1. The first kappa shape index (κ1) is 27.7. The molecular weight excluding hydrogens is 426 g/mol. The quantitative estimate of drug-likeness (QED) is 0.324. The molecule has 34 heavy (non-hydrogen) atoms. The molecule has 1 atom stereocenters. The van der Waals surface area contributed by atoms with Gasteiger partial charge in [-0.2, -0.15) is 0 Å². The first-order valence-corrected chi connectivity index (χ1v) is 12.5. The maximum atomic E-state index is 13.3. The lowest BCUT2D eigenvalue weighted by atomic mass is 9.84. The summed E-state index contributed by atoms with van der Waals surface area (Å²) in [6.45, 7) is 8.81. The van der Waals surface area contributed by atoms with Gasteiger partial charge >= 0.3 is 0 Å². The van der Waals surface area contributed by atoms with Crippen molar-refractivity contribution in [2.45, 2.75) is 84.0 Å². The van der Waals surface area contributed by atoms with Crippen LogP contribution in [0.3, 0.4) is 0 Å². The molecule has 0 saturated carbocycles. The number of methoxy groups -OCH3 is 2. The molecule has 2 rings (SSSR count). The van der Waals surface area contributed by atoms with E-state index in [-0.39, 0.29) is 23.8 Å². The molecule has 1 unspecified atom stereocenters. The van der Waals surface area contributed by atoms with E-state index in [9.17, 15) is 9.90 Å². The topological polar surface area (TPSA) is 67.8 Å². The zero-order valence-corrected chi connectivity index (χ0v) is 21.9. The number of rotatable bonds is 13. The van der Waals surface area contributed by atoms with Gasteiger partial charge in [-0.15, -0.1) is 0 Å². The highest BCUT2D eigenvalue weighted by molar-refractivity contribution is 5.92. The van der Waals surface area contributed by atoms with E-state index in [1.807, 2.05) is 18.2 Å². The molecule has 0 bridgehead atoms. The molecule has 0 heterocycles. The van der Waals surface area contributed by atoms with Gasteiger partial charge in [0.05, 0.1) is 14.2 Å². The van der Waals surface area contributed by atoms with Crippen LogP contribution < -0.4 is 14.8 Å². The van der Waals surface area contributed by atoms with Crippen LogP contribution in [0.15, 0.2) is 36.4 Å². The van der Waals surface area contributed by atoms with Crippen LogP contribution in [-0.2, 0) is 16.6 Å². The summed E-state index contributed by atoms with van der Waals surface area (Å²) in [6.07, 6.45) is 6.13. The lowest BCUT2D eigenvalue weighted by Crippen LogP contribution is -2.21. The Morgan fingerprint density at radius 1 is 1.03 bits per heavy atom. The van der Waals surface area contributed by atoms with Crippen LogP contribution in [0, 0.1) is 0 Å². The summed E-state index contributed by atoms with van der Waals surface area (Å²) in [7, 11) is 3.30. The molecule has 0 aliphatic rings. The van der Waals surface area contributed by atoms with Gasteiger partial charge < -0.3 is 19.9 Å². The molecule has 0 spiro atoms. The van der Waals surface area contributed by atoms with Crippen molar-refractivity contribution in [3.05, 3.63) is 53.1 Å².